The monoisotopic (exact) mass is 376 g/mol. The van der Waals surface area contributed by atoms with Gasteiger partial charge in [-0.2, -0.15) is 0 Å². The van der Waals surface area contributed by atoms with E-state index < -0.39 is 0 Å². The van der Waals surface area contributed by atoms with Gasteiger partial charge in [0.05, 0.1) is 12.3 Å². The fourth-order valence-electron chi connectivity index (χ4n) is 2.75. The van der Waals surface area contributed by atoms with E-state index in [9.17, 15) is 4.79 Å². The van der Waals surface area contributed by atoms with E-state index in [0.717, 1.165) is 25.9 Å². The summed E-state index contributed by atoms with van der Waals surface area (Å²) in [7, 11) is 0. The molecule has 3 rings (SSSR count). The molecule has 1 heterocycles. The lowest BCUT2D eigenvalue weighted by Crippen LogP contribution is -2.34. The first-order valence-corrected chi connectivity index (χ1v) is 9.33. The van der Waals surface area contributed by atoms with Crippen LogP contribution in [0, 0.1) is 10.8 Å². The van der Waals surface area contributed by atoms with Crippen LogP contribution in [0.3, 0.4) is 0 Å². The van der Waals surface area contributed by atoms with Crippen molar-refractivity contribution in [1.82, 2.24) is 10.6 Å². The first kappa shape index (κ1) is 18.7. The molecular weight excluding hydrogens is 352 g/mol. The lowest BCUT2D eigenvalue weighted by Gasteiger charge is -2.17. The summed E-state index contributed by atoms with van der Waals surface area (Å²) in [5, 5.41) is 15.4. The normalized spacial score (nSPS) is 18.5. The maximum absolute atomic E-state index is 13.0. The van der Waals surface area contributed by atoms with Crippen molar-refractivity contribution in [3.05, 3.63) is 40.7 Å². The highest BCUT2D eigenvalue weighted by Crippen LogP contribution is 2.45. The third kappa shape index (κ3) is 4.02. The molecule has 1 saturated carbocycles. The minimum Gasteiger partial charge on any atom is -0.486 e. The number of nitrogens with one attached hydrogen (secondary N) is 3. The molecule has 3 N–H and O–H groups in total. The molecule has 0 atom stereocenters. The predicted octanol–water partition coefficient (Wildman–Crippen LogP) is 2.89. The molecular formula is C19H25ClN4O2. The SMILES string of the molecule is CCNCCNC1=C(OCC2(C)CC2)C(=O)N(c2cccc(Cl)c2)C1=N. The fourth-order valence-corrected chi connectivity index (χ4v) is 2.93. The van der Waals surface area contributed by atoms with Gasteiger partial charge in [0.25, 0.3) is 0 Å². The van der Waals surface area contributed by atoms with E-state index in [1.807, 2.05) is 6.92 Å². The largest absolute Gasteiger partial charge is 0.486 e. The number of ether oxygens (including phenoxy) is 1. The Balaban J connectivity index is 1.81. The van der Waals surface area contributed by atoms with Gasteiger partial charge in [-0.1, -0.05) is 31.5 Å². The third-order valence-corrected chi connectivity index (χ3v) is 4.91. The van der Waals surface area contributed by atoms with Crippen molar-refractivity contribution in [2.75, 3.05) is 31.1 Å². The second kappa shape index (κ2) is 7.68. The van der Waals surface area contributed by atoms with Gasteiger partial charge >= 0.3 is 5.91 Å². The van der Waals surface area contributed by atoms with E-state index in [0.29, 0.717) is 29.6 Å². The van der Waals surface area contributed by atoms with Gasteiger partial charge in [-0.05, 0) is 37.6 Å². The number of carbonyl (C=O) groups excluding carboxylic acids is 1. The molecule has 1 aliphatic heterocycles. The highest BCUT2D eigenvalue weighted by molar-refractivity contribution is 6.34. The van der Waals surface area contributed by atoms with Crippen LogP contribution in [0.25, 0.3) is 0 Å². The Labute approximate surface area is 159 Å². The second-order valence-electron chi connectivity index (χ2n) is 7.05. The Bertz CT molecular complexity index is 743. The lowest BCUT2D eigenvalue weighted by atomic mass is 10.2. The molecule has 1 aromatic carbocycles. The number of anilines is 1. The van der Waals surface area contributed by atoms with Gasteiger partial charge < -0.3 is 15.4 Å². The van der Waals surface area contributed by atoms with Gasteiger partial charge in [0.1, 0.15) is 5.70 Å². The lowest BCUT2D eigenvalue weighted by molar-refractivity contribution is -0.117. The second-order valence-corrected chi connectivity index (χ2v) is 7.49. The summed E-state index contributed by atoms with van der Waals surface area (Å²) < 4.78 is 5.90. The molecule has 0 radical (unpaired) electrons. The number of amidine groups is 1. The fraction of sp³-hybridized carbons (Fsp3) is 0.474. The standard InChI is InChI=1S/C19H25ClN4O2/c1-3-22-9-10-23-15-16(26-12-19(2)7-8-19)18(25)24(17(15)21)14-6-4-5-13(20)11-14/h4-6,11,21-23H,3,7-10,12H2,1-2H3. The maximum atomic E-state index is 13.0. The first-order chi connectivity index (χ1) is 12.4. The average Bonchev–Trinajstić information content (AvgIpc) is 3.29. The number of amides is 1. The van der Waals surface area contributed by atoms with E-state index in [1.165, 1.54) is 4.90 Å². The summed E-state index contributed by atoms with van der Waals surface area (Å²) >= 11 is 6.06. The Kier molecular flexibility index (Phi) is 5.53. The van der Waals surface area contributed by atoms with E-state index in [-0.39, 0.29) is 22.9 Å². The van der Waals surface area contributed by atoms with Crippen LogP contribution in [0.2, 0.25) is 5.02 Å². The molecule has 1 fully saturated rings. The van der Waals surface area contributed by atoms with Crippen molar-refractivity contribution in [2.24, 2.45) is 5.41 Å². The number of benzene rings is 1. The van der Waals surface area contributed by atoms with Gasteiger partial charge in [-0.25, -0.2) is 0 Å². The molecule has 2 aliphatic rings. The topological polar surface area (TPSA) is 77.5 Å². The molecule has 0 spiro atoms. The Hall–Kier alpha value is -2.05. The van der Waals surface area contributed by atoms with Crippen LogP contribution in [-0.4, -0.2) is 38.0 Å². The smallest absolute Gasteiger partial charge is 0.301 e. The zero-order chi connectivity index (χ0) is 18.7. The molecule has 26 heavy (non-hydrogen) atoms. The van der Waals surface area contributed by atoms with Gasteiger partial charge in [0, 0.05) is 23.5 Å². The van der Waals surface area contributed by atoms with Crippen molar-refractivity contribution >= 4 is 29.0 Å². The van der Waals surface area contributed by atoms with Crippen LogP contribution in [0.4, 0.5) is 5.69 Å². The molecule has 6 nitrogen and oxygen atoms in total. The summed E-state index contributed by atoms with van der Waals surface area (Å²) in [5.74, 6) is -0.0169. The third-order valence-electron chi connectivity index (χ3n) is 4.67. The first-order valence-electron chi connectivity index (χ1n) is 8.96. The summed E-state index contributed by atoms with van der Waals surface area (Å²) in [6, 6.07) is 6.94. The molecule has 1 aromatic rings. The molecule has 0 saturated heterocycles. The zero-order valence-electron chi connectivity index (χ0n) is 15.2. The molecule has 1 aliphatic carbocycles. The van der Waals surface area contributed by atoms with Crippen molar-refractivity contribution in [2.45, 2.75) is 26.7 Å². The Morgan fingerprint density at radius 1 is 1.35 bits per heavy atom. The highest BCUT2D eigenvalue weighted by atomic mass is 35.5. The number of halogens is 1. The van der Waals surface area contributed by atoms with Crippen molar-refractivity contribution in [3.63, 3.8) is 0 Å². The number of hydrogen-bond acceptors (Lipinski definition) is 5. The molecule has 140 valence electrons. The van der Waals surface area contributed by atoms with E-state index >= 15 is 0 Å². The minimum absolute atomic E-state index is 0.0877. The van der Waals surface area contributed by atoms with Crippen LogP contribution < -0.4 is 15.5 Å². The summed E-state index contributed by atoms with van der Waals surface area (Å²) in [6.45, 7) is 6.88. The van der Waals surface area contributed by atoms with Gasteiger partial charge in [0.2, 0.25) is 5.76 Å². The average molecular weight is 377 g/mol. The maximum Gasteiger partial charge on any atom is 0.301 e. The molecule has 0 aromatic heterocycles. The Morgan fingerprint density at radius 2 is 2.12 bits per heavy atom. The molecule has 0 bridgehead atoms. The molecule has 1 amide bonds. The minimum atomic E-state index is -0.326. The number of likely N-dealkylation sites (N-methyl/N-ethyl adjacent to an activating group) is 1. The van der Waals surface area contributed by atoms with Gasteiger partial charge in [-0.15, -0.1) is 0 Å². The van der Waals surface area contributed by atoms with Crippen molar-refractivity contribution in [3.8, 4) is 0 Å². The van der Waals surface area contributed by atoms with Crippen LogP contribution in [-0.2, 0) is 9.53 Å². The summed E-state index contributed by atoms with van der Waals surface area (Å²) in [5.41, 5.74) is 1.15. The quantitative estimate of drug-likeness (QED) is 0.579. The van der Waals surface area contributed by atoms with Crippen molar-refractivity contribution < 1.29 is 9.53 Å². The molecule has 7 heteroatoms. The van der Waals surface area contributed by atoms with Crippen LogP contribution >= 0.6 is 11.6 Å². The van der Waals surface area contributed by atoms with Gasteiger partial charge in [0.15, 0.2) is 5.84 Å². The number of hydrogen-bond donors (Lipinski definition) is 3. The van der Waals surface area contributed by atoms with E-state index in [2.05, 4.69) is 17.6 Å². The highest BCUT2D eigenvalue weighted by Gasteiger charge is 2.42. The van der Waals surface area contributed by atoms with Crippen LogP contribution in [0.1, 0.15) is 26.7 Å². The summed E-state index contributed by atoms with van der Waals surface area (Å²) in [6.07, 6.45) is 2.21. The zero-order valence-corrected chi connectivity index (χ0v) is 15.9. The van der Waals surface area contributed by atoms with Gasteiger partial charge in [-0.3, -0.25) is 15.1 Å². The van der Waals surface area contributed by atoms with Crippen LogP contribution in [0.5, 0.6) is 0 Å². The molecule has 0 unspecified atom stereocenters. The van der Waals surface area contributed by atoms with E-state index in [1.54, 1.807) is 24.3 Å². The van der Waals surface area contributed by atoms with E-state index in [4.69, 9.17) is 21.7 Å². The Morgan fingerprint density at radius 3 is 2.77 bits per heavy atom. The van der Waals surface area contributed by atoms with Crippen molar-refractivity contribution in [1.29, 1.82) is 5.41 Å². The predicted molar refractivity (Wildman–Crippen MR) is 104 cm³/mol. The number of carbonyl (C=O) groups is 1. The summed E-state index contributed by atoms with van der Waals surface area (Å²) in [4.78, 5) is 14.3. The number of nitrogens with zero attached hydrogens (tertiary/aromatic N) is 1. The number of rotatable bonds is 9. The van der Waals surface area contributed by atoms with Crippen LogP contribution in [0.15, 0.2) is 35.7 Å².